The molecule has 0 aromatic heterocycles. The second kappa shape index (κ2) is 4.65. The zero-order valence-corrected chi connectivity index (χ0v) is 9.06. The van der Waals surface area contributed by atoms with E-state index in [1.54, 1.807) is 12.1 Å². The SMILES string of the molecule is N#[N+]c1cc(Cl)ccc1Oc1ccccc1. The van der Waals surface area contributed by atoms with Crippen LogP contribution in [0.25, 0.3) is 4.98 Å². The zero-order valence-electron chi connectivity index (χ0n) is 8.30. The van der Waals surface area contributed by atoms with Crippen molar-refractivity contribution in [2.75, 3.05) is 0 Å². The highest BCUT2D eigenvalue weighted by Crippen LogP contribution is 2.33. The van der Waals surface area contributed by atoms with Crippen LogP contribution < -0.4 is 4.74 Å². The molecule has 0 heterocycles. The Bertz CT molecular complexity index is 534. The number of halogens is 1. The lowest BCUT2D eigenvalue weighted by Gasteiger charge is -2.02. The number of hydrogen-bond acceptors (Lipinski definition) is 2. The van der Waals surface area contributed by atoms with E-state index in [9.17, 15) is 0 Å². The van der Waals surface area contributed by atoms with E-state index in [-0.39, 0.29) is 0 Å². The quantitative estimate of drug-likeness (QED) is 0.708. The van der Waals surface area contributed by atoms with Crippen molar-refractivity contribution in [2.24, 2.45) is 0 Å². The summed E-state index contributed by atoms with van der Waals surface area (Å²) < 4.78 is 5.54. The first-order valence-corrected chi connectivity index (χ1v) is 5.05. The molecule has 16 heavy (non-hydrogen) atoms. The molecule has 0 amide bonds. The third kappa shape index (κ3) is 2.30. The number of para-hydroxylation sites is 1. The maximum atomic E-state index is 8.81. The largest absolute Gasteiger partial charge is 0.449 e. The van der Waals surface area contributed by atoms with E-state index in [4.69, 9.17) is 21.7 Å². The molecule has 0 atom stereocenters. The molecule has 0 aliphatic heterocycles. The van der Waals surface area contributed by atoms with E-state index in [0.717, 1.165) is 0 Å². The van der Waals surface area contributed by atoms with Crippen molar-refractivity contribution in [3.05, 3.63) is 58.5 Å². The maximum absolute atomic E-state index is 8.81. The van der Waals surface area contributed by atoms with Crippen molar-refractivity contribution in [1.29, 1.82) is 5.39 Å². The molecule has 0 bridgehead atoms. The Hall–Kier alpha value is -2.05. The highest BCUT2D eigenvalue weighted by molar-refractivity contribution is 6.30. The Kier molecular flexibility index (Phi) is 3.04. The van der Waals surface area contributed by atoms with Crippen molar-refractivity contribution in [1.82, 2.24) is 0 Å². The van der Waals surface area contributed by atoms with E-state index >= 15 is 0 Å². The topological polar surface area (TPSA) is 37.4 Å². The molecule has 4 heteroatoms. The van der Waals surface area contributed by atoms with Crippen LogP contribution in [-0.2, 0) is 0 Å². The summed E-state index contributed by atoms with van der Waals surface area (Å²) in [6, 6.07) is 14.1. The fourth-order valence-corrected chi connectivity index (χ4v) is 1.44. The standard InChI is InChI=1S/C12H8ClN2O/c13-9-6-7-12(11(8-9)15-14)16-10-4-2-1-3-5-10/h1-8H/q+1. The molecule has 0 radical (unpaired) electrons. The van der Waals surface area contributed by atoms with E-state index in [1.165, 1.54) is 6.07 Å². The molecule has 78 valence electrons. The summed E-state index contributed by atoms with van der Waals surface area (Å²) in [6.07, 6.45) is 0. The molecule has 0 N–H and O–H groups in total. The molecule has 0 saturated carbocycles. The van der Waals surface area contributed by atoms with Crippen LogP contribution in [-0.4, -0.2) is 0 Å². The van der Waals surface area contributed by atoms with Gasteiger partial charge in [-0.1, -0.05) is 29.8 Å². The monoisotopic (exact) mass is 231 g/mol. The molecule has 2 rings (SSSR count). The molecular formula is C12H8ClN2O+. The predicted octanol–water partition coefficient (Wildman–Crippen LogP) is 4.62. The molecular weight excluding hydrogens is 224 g/mol. The fraction of sp³-hybridized carbons (Fsp3) is 0. The van der Waals surface area contributed by atoms with Crippen LogP contribution in [0.1, 0.15) is 0 Å². The van der Waals surface area contributed by atoms with Crippen LogP contribution in [0.4, 0.5) is 5.69 Å². The molecule has 3 nitrogen and oxygen atoms in total. The lowest BCUT2D eigenvalue weighted by atomic mass is 10.3. The average molecular weight is 232 g/mol. The first-order chi connectivity index (χ1) is 7.79. The third-order valence-corrected chi connectivity index (χ3v) is 2.23. The molecule has 0 unspecified atom stereocenters. The molecule has 0 aliphatic rings. The number of ether oxygens (including phenoxy) is 1. The van der Waals surface area contributed by atoms with E-state index in [1.807, 2.05) is 30.3 Å². The van der Waals surface area contributed by atoms with Crippen LogP contribution in [0, 0.1) is 5.39 Å². The van der Waals surface area contributed by atoms with Crippen molar-refractivity contribution >= 4 is 17.3 Å². The van der Waals surface area contributed by atoms with Crippen molar-refractivity contribution in [3.8, 4) is 11.5 Å². The third-order valence-electron chi connectivity index (χ3n) is 2.00. The van der Waals surface area contributed by atoms with Crippen molar-refractivity contribution in [2.45, 2.75) is 0 Å². The Morgan fingerprint density at radius 3 is 2.50 bits per heavy atom. The van der Waals surface area contributed by atoms with Crippen LogP contribution in [0.2, 0.25) is 5.02 Å². The highest BCUT2D eigenvalue weighted by Gasteiger charge is 2.16. The Morgan fingerprint density at radius 1 is 1.06 bits per heavy atom. The predicted molar refractivity (Wildman–Crippen MR) is 62.7 cm³/mol. The van der Waals surface area contributed by atoms with Gasteiger partial charge in [-0.25, -0.2) is 0 Å². The summed E-state index contributed by atoms with van der Waals surface area (Å²) >= 11 is 5.77. The lowest BCUT2D eigenvalue weighted by molar-refractivity contribution is 0.485. The van der Waals surface area contributed by atoms with Gasteiger partial charge in [-0.05, 0) is 24.3 Å². The zero-order chi connectivity index (χ0) is 11.4. The van der Waals surface area contributed by atoms with Gasteiger partial charge >= 0.3 is 5.69 Å². The molecule has 0 fully saturated rings. The van der Waals surface area contributed by atoms with Crippen molar-refractivity contribution < 1.29 is 4.74 Å². The average Bonchev–Trinajstić information content (AvgIpc) is 2.33. The molecule has 0 spiro atoms. The van der Waals surface area contributed by atoms with Gasteiger partial charge in [0.05, 0.1) is 6.07 Å². The maximum Gasteiger partial charge on any atom is 0.428 e. The van der Waals surface area contributed by atoms with Gasteiger partial charge in [0.1, 0.15) is 5.75 Å². The molecule has 2 aromatic carbocycles. The van der Waals surface area contributed by atoms with Gasteiger partial charge in [-0.2, -0.15) is 0 Å². The lowest BCUT2D eigenvalue weighted by Crippen LogP contribution is -1.83. The second-order valence-corrected chi connectivity index (χ2v) is 3.56. The summed E-state index contributed by atoms with van der Waals surface area (Å²) in [5, 5.41) is 9.30. The second-order valence-electron chi connectivity index (χ2n) is 3.13. The number of diazo groups is 1. The van der Waals surface area contributed by atoms with Gasteiger partial charge in [0, 0.05) is 5.02 Å². The molecule has 2 aromatic rings. The minimum absolute atomic E-state index is 0.302. The Morgan fingerprint density at radius 2 is 1.81 bits per heavy atom. The number of benzene rings is 2. The van der Waals surface area contributed by atoms with E-state index in [0.29, 0.717) is 22.2 Å². The Balaban J connectivity index is 2.32. The summed E-state index contributed by atoms with van der Waals surface area (Å²) in [4.78, 5) is 3.12. The first-order valence-electron chi connectivity index (χ1n) is 4.67. The van der Waals surface area contributed by atoms with Crippen molar-refractivity contribution in [3.63, 3.8) is 0 Å². The number of rotatable bonds is 2. The van der Waals surface area contributed by atoms with Crippen LogP contribution >= 0.6 is 11.6 Å². The van der Waals surface area contributed by atoms with Gasteiger partial charge in [-0.15, -0.1) is 0 Å². The van der Waals surface area contributed by atoms with Gasteiger partial charge < -0.3 is 4.74 Å². The Labute approximate surface area is 97.9 Å². The van der Waals surface area contributed by atoms with E-state index in [2.05, 4.69) is 4.98 Å². The minimum atomic E-state index is 0.302. The van der Waals surface area contributed by atoms with Gasteiger partial charge in [0.2, 0.25) is 11.1 Å². The summed E-state index contributed by atoms with van der Waals surface area (Å²) in [5.41, 5.74) is 0.302. The normalized spacial score (nSPS) is 9.50. The van der Waals surface area contributed by atoms with Gasteiger partial charge in [-0.3, -0.25) is 0 Å². The summed E-state index contributed by atoms with van der Waals surface area (Å²) in [5.74, 6) is 1.13. The van der Waals surface area contributed by atoms with Crippen LogP contribution in [0.3, 0.4) is 0 Å². The fourth-order valence-electron chi connectivity index (χ4n) is 1.27. The summed E-state index contributed by atoms with van der Waals surface area (Å²) in [6.45, 7) is 0. The summed E-state index contributed by atoms with van der Waals surface area (Å²) in [7, 11) is 0. The molecule has 0 aliphatic carbocycles. The first kappa shape index (κ1) is 10.5. The number of hydrogen-bond donors (Lipinski definition) is 0. The van der Waals surface area contributed by atoms with Gasteiger partial charge in [0.25, 0.3) is 0 Å². The molecule has 0 saturated heterocycles. The van der Waals surface area contributed by atoms with Gasteiger partial charge in [0.15, 0.2) is 4.98 Å². The number of nitrogens with zero attached hydrogens (tertiary/aromatic N) is 2. The van der Waals surface area contributed by atoms with Crippen LogP contribution in [0.15, 0.2) is 48.5 Å². The minimum Gasteiger partial charge on any atom is -0.449 e. The smallest absolute Gasteiger partial charge is 0.428 e. The highest BCUT2D eigenvalue weighted by atomic mass is 35.5. The van der Waals surface area contributed by atoms with Crippen LogP contribution in [0.5, 0.6) is 11.5 Å². The van der Waals surface area contributed by atoms with E-state index < -0.39 is 0 Å².